The van der Waals surface area contributed by atoms with Gasteiger partial charge in [0, 0.05) is 0 Å². The van der Waals surface area contributed by atoms with E-state index in [1.54, 1.807) is 0 Å². The van der Waals surface area contributed by atoms with Crippen LogP contribution in [0.5, 0.6) is 0 Å². The van der Waals surface area contributed by atoms with Crippen LogP contribution in [-0.2, 0) is 5.41 Å². The highest BCUT2D eigenvalue weighted by Gasteiger charge is 2.48. The molecule has 0 amide bonds. The van der Waals surface area contributed by atoms with Crippen molar-refractivity contribution in [3.8, 4) is 33.4 Å². The van der Waals surface area contributed by atoms with Crippen LogP contribution in [0.1, 0.15) is 34.2 Å². The summed E-state index contributed by atoms with van der Waals surface area (Å²) in [7, 11) is 0. The predicted molar refractivity (Wildman–Crippen MR) is 238 cm³/mol. The van der Waals surface area contributed by atoms with E-state index in [-0.39, 0.29) is 0 Å². The van der Waals surface area contributed by atoms with E-state index in [0.717, 1.165) is 6.42 Å². The number of hydrogen-bond donors (Lipinski definition) is 0. The molecule has 0 spiro atoms. The van der Waals surface area contributed by atoms with Gasteiger partial charge >= 0.3 is 0 Å². The van der Waals surface area contributed by atoms with Crippen LogP contribution in [0, 0.1) is 0 Å². The molecule has 0 aliphatic heterocycles. The molecule has 0 nitrogen and oxygen atoms in total. The van der Waals surface area contributed by atoms with Crippen LogP contribution >= 0.6 is 0 Å². The molecule has 10 aromatic rings. The minimum Gasteiger partial charge on any atom is -0.0801 e. The summed E-state index contributed by atoms with van der Waals surface area (Å²) in [5.74, 6) is 0. The molecule has 0 saturated carbocycles. The van der Waals surface area contributed by atoms with Gasteiger partial charge in [0.05, 0.1) is 5.41 Å². The van der Waals surface area contributed by atoms with Crippen LogP contribution in [0.2, 0.25) is 0 Å². The zero-order valence-corrected chi connectivity index (χ0v) is 30.8. The summed E-state index contributed by atoms with van der Waals surface area (Å²) >= 11 is 0. The SMILES string of the molecule is C1=Cc2ccc3c(-c4ccc(-c5ccc6c(c5)C(c5ccccc5)(c5ccccc5)c5c-6c6ccccc6c6ccccc56)cc4)ccc4ccc(c2c43)=CC1. The van der Waals surface area contributed by atoms with Gasteiger partial charge in [0.2, 0.25) is 0 Å². The average molecular weight is 709 g/mol. The smallest absolute Gasteiger partial charge is 0.0720 e. The molecular weight excluding hydrogens is 673 g/mol. The summed E-state index contributed by atoms with van der Waals surface area (Å²) in [6, 6.07) is 70.7. The maximum Gasteiger partial charge on any atom is 0.0720 e. The summed E-state index contributed by atoms with van der Waals surface area (Å²) in [6.45, 7) is 0. The Morgan fingerprint density at radius 3 is 1.77 bits per heavy atom. The topological polar surface area (TPSA) is 0 Å². The maximum atomic E-state index is 2.49. The summed E-state index contributed by atoms with van der Waals surface area (Å²) in [6.07, 6.45) is 7.87. The van der Waals surface area contributed by atoms with Crippen molar-refractivity contribution in [2.45, 2.75) is 11.8 Å². The lowest BCUT2D eigenvalue weighted by Gasteiger charge is -2.35. The molecule has 0 fully saturated rings. The van der Waals surface area contributed by atoms with Crippen LogP contribution in [0.25, 0.3) is 88.6 Å². The zero-order valence-electron chi connectivity index (χ0n) is 30.8. The van der Waals surface area contributed by atoms with Crippen LogP contribution in [0.15, 0.2) is 194 Å². The number of rotatable bonds is 4. The van der Waals surface area contributed by atoms with Crippen molar-refractivity contribution >= 4 is 55.2 Å². The van der Waals surface area contributed by atoms with Gasteiger partial charge in [-0.1, -0.05) is 200 Å². The number of benzene rings is 10. The lowest BCUT2D eigenvalue weighted by molar-refractivity contribution is 0.776. The second kappa shape index (κ2) is 12.0. The van der Waals surface area contributed by atoms with E-state index in [0.29, 0.717) is 0 Å². The van der Waals surface area contributed by atoms with E-state index in [2.05, 4.69) is 206 Å². The normalized spacial score (nSPS) is 13.9. The van der Waals surface area contributed by atoms with Gasteiger partial charge in [0.15, 0.2) is 0 Å². The Morgan fingerprint density at radius 2 is 1.02 bits per heavy atom. The molecule has 0 saturated heterocycles. The van der Waals surface area contributed by atoms with Crippen molar-refractivity contribution in [2.24, 2.45) is 0 Å². The van der Waals surface area contributed by atoms with Gasteiger partial charge in [0.1, 0.15) is 0 Å². The van der Waals surface area contributed by atoms with E-state index in [9.17, 15) is 0 Å². The highest BCUT2D eigenvalue weighted by Crippen LogP contribution is 2.60. The molecule has 10 aromatic carbocycles. The molecule has 0 radical (unpaired) electrons. The highest BCUT2D eigenvalue weighted by molar-refractivity contribution is 6.20. The minimum absolute atomic E-state index is 0.520. The quantitative estimate of drug-likeness (QED) is 0.160. The third-order valence-electron chi connectivity index (χ3n) is 12.7. The molecule has 0 aromatic heterocycles. The second-order valence-corrected chi connectivity index (χ2v) is 15.4. The van der Waals surface area contributed by atoms with Gasteiger partial charge in [-0.05, 0) is 122 Å². The summed E-state index contributed by atoms with van der Waals surface area (Å²) in [4.78, 5) is 0. The number of allylic oxidation sites excluding steroid dienone is 1. The lowest BCUT2D eigenvalue weighted by Crippen LogP contribution is -2.29. The Hall–Kier alpha value is -7.02. The Balaban J connectivity index is 1.08. The Kier molecular flexibility index (Phi) is 6.71. The molecule has 260 valence electrons. The fourth-order valence-electron chi connectivity index (χ4n) is 10.3. The number of hydrogen-bond acceptors (Lipinski definition) is 0. The van der Waals surface area contributed by atoms with Crippen LogP contribution in [0.4, 0.5) is 0 Å². The molecule has 0 unspecified atom stereocenters. The summed E-state index contributed by atoms with van der Waals surface area (Å²) in [5.41, 5.74) is 13.6. The molecule has 0 bridgehead atoms. The third-order valence-corrected chi connectivity index (χ3v) is 12.7. The van der Waals surface area contributed by atoms with Crippen molar-refractivity contribution in [3.05, 3.63) is 227 Å². The first-order valence-corrected chi connectivity index (χ1v) is 19.7. The van der Waals surface area contributed by atoms with Gasteiger partial charge in [-0.25, -0.2) is 0 Å². The van der Waals surface area contributed by atoms with Gasteiger partial charge in [-0.2, -0.15) is 0 Å². The summed E-state index contributed by atoms with van der Waals surface area (Å²) in [5, 5.41) is 11.9. The first-order chi connectivity index (χ1) is 27.8. The van der Waals surface area contributed by atoms with Crippen molar-refractivity contribution in [1.29, 1.82) is 0 Å². The van der Waals surface area contributed by atoms with Crippen LogP contribution in [0.3, 0.4) is 0 Å². The van der Waals surface area contributed by atoms with E-state index < -0.39 is 5.41 Å². The van der Waals surface area contributed by atoms with E-state index in [1.807, 2.05) is 0 Å². The molecular formula is C56H36. The van der Waals surface area contributed by atoms with Gasteiger partial charge in [-0.15, -0.1) is 0 Å². The second-order valence-electron chi connectivity index (χ2n) is 15.4. The minimum atomic E-state index is -0.520. The molecule has 56 heavy (non-hydrogen) atoms. The molecule has 0 heteroatoms. The van der Waals surface area contributed by atoms with Crippen molar-refractivity contribution in [2.75, 3.05) is 0 Å². The first-order valence-electron chi connectivity index (χ1n) is 19.7. The zero-order chi connectivity index (χ0) is 36.8. The first kappa shape index (κ1) is 31.3. The molecule has 0 atom stereocenters. The number of fused-ring (bicyclic) bond motifs is 8. The maximum absolute atomic E-state index is 2.49. The fourth-order valence-corrected chi connectivity index (χ4v) is 10.3. The monoisotopic (exact) mass is 708 g/mol. The van der Waals surface area contributed by atoms with E-state index in [1.165, 1.54) is 110 Å². The standard InChI is InChI=1S/C56H36/c1-3-15-42(16-4-1)56(43-17-5-2-6-18-43)51-35-41(31-34-50(51)54-47-21-11-9-19-45(47)46-20-10-12-22-49(46)55(54)56)36-23-25-37(26-24-36)44-32-29-40-28-27-38-13-7-8-14-39-30-33-48(44)53(40)52(38)39/h1-6,8-35H,7H2. The molecule has 2 aliphatic carbocycles. The van der Waals surface area contributed by atoms with Gasteiger partial charge < -0.3 is 0 Å². The lowest BCUT2D eigenvalue weighted by atomic mass is 9.66. The summed E-state index contributed by atoms with van der Waals surface area (Å²) < 4.78 is 0. The molecule has 0 heterocycles. The van der Waals surface area contributed by atoms with Gasteiger partial charge in [0.25, 0.3) is 0 Å². The largest absolute Gasteiger partial charge is 0.0801 e. The third kappa shape index (κ3) is 4.30. The van der Waals surface area contributed by atoms with Crippen molar-refractivity contribution in [1.82, 2.24) is 0 Å². The van der Waals surface area contributed by atoms with E-state index in [4.69, 9.17) is 0 Å². The van der Waals surface area contributed by atoms with Crippen molar-refractivity contribution < 1.29 is 0 Å². The van der Waals surface area contributed by atoms with Crippen LogP contribution in [-0.4, -0.2) is 0 Å². The fraction of sp³-hybridized carbons (Fsp3) is 0.0357. The predicted octanol–water partition coefficient (Wildman–Crippen LogP) is 13.9. The Morgan fingerprint density at radius 1 is 0.411 bits per heavy atom. The Bertz CT molecular complexity index is 3250. The average Bonchev–Trinajstić information content (AvgIpc) is 3.41. The van der Waals surface area contributed by atoms with Gasteiger partial charge in [-0.3, -0.25) is 0 Å². The Labute approximate surface area is 326 Å². The van der Waals surface area contributed by atoms with Crippen molar-refractivity contribution in [3.63, 3.8) is 0 Å². The molecule has 12 rings (SSSR count). The highest BCUT2D eigenvalue weighted by atomic mass is 14.5. The van der Waals surface area contributed by atoms with E-state index >= 15 is 0 Å². The molecule has 2 aliphatic rings. The van der Waals surface area contributed by atoms with Crippen LogP contribution < -0.4 is 5.22 Å². The molecule has 0 N–H and O–H groups in total.